The summed E-state index contributed by atoms with van der Waals surface area (Å²) in [6.07, 6.45) is 1.11. The van der Waals surface area contributed by atoms with E-state index in [1.54, 1.807) is 0 Å². The fourth-order valence-corrected chi connectivity index (χ4v) is 3.18. The Labute approximate surface area is 164 Å². The monoisotopic (exact) mass is 399 g/mol. The SMILES string of the molecule is CN(CC(=O)Nc1ccc(F)cc1)C(=O)Cn1c(=O)c(C#N)c2n(c1=O)CCC2. The average Bonchev–Trinajstić information content (AvgIpc) is 3.17. The van der Waals surface area contributed by atoms with E-state index in [1.165, 1.54) is 35.9 Å². The summed E-state index contributed by atoms with van der Waals surface area (Å²) in [6.45, 7) is -0.525. The maximum atomic E-state index is 12.9. The van der Waals surface area contributed by atoms with Crippen LogP contribution in [0.25, 0.3) is 0 Å². The maximum Gasteiger partial charge on any atom is 0.331 e. The predicted octanol–water partition coefficient (Wildman–Crippen LogP) is 0.0641. The van der Waals surface area contributed by atoms with E-state index in [1.807, 2.05) is 6.07 Å². The van der Waals surface area contributed by atoms with E-state index in [0.717, 1.165) is 9.47 Å². The lowest BCUT2D eigenvalue weighted by molar-refractivity contribution is -0.133. The Hall–Kier alpha value is -3.74. The molecule has 0 spiro atoms. The normalized spacial score (nSPS) is 12.2. The number of benzene rings is 1. The van der Waals surface area contributed by atoms with E-state index in [9.17, 15) is 28.8 Å². The molecule has 1 aliphatic heterocycles. The number of fused-ring (bicyclic) bond motifs is 1. The highest BCUT2D eigenvalue weighted by Crippen LogP contribution is 2.13. The number of nitrogens with one attached hydrogen (secondary N) is 1. The van der Waals surface area contributed by atoms with Gasteiger partial charge in [0.05, 0.1) is 6.54 Å². The van der Waals surface area contributed by atoms with Gasteiger partial charge in [0.15, 0.2) is 0 Å². The molecule has 9 nitrogen and oxygen atoms in total. The Morgan fingerprint density at radius 3 is 2.62 bits per heavy atom. The van der Waals surface area contributed by atoms with Crippen molar-refractivity contribution in [3.63, 3.8) is 0 Å². The van der Waals surface area contributed by atoms with Crippen molar-refractivity contribution in [1.29, 1.82) is 5.26 Å². The van der Waals surface area contributed by atoms with E-state index in [2.05, 4.69) is 5.32 Å². The summed E-state index contributed by atoms with van der Waals surface area (Å²) in [4.78, 5) is 50.6. The van der Waals surface area contributed by atoms with Crippen LogP contribution in [0.1, 0.15) is 17.7 Å². The van der Waals surface area contributed by atoms with Gasteiger partial charge in [0.2, 0.25) is 11.8 Å². The molecule has 0 bridgehead atoms. The van der Waals surface area contributed by atoms with Crippen LogP contribution in [0.4, 0.5) is 10.1 Å². The number of rotatable bonds is 5. The topological polar surface area (TPSA) is 117 Å². The van der Waals surface area contributed by atoms with Gasteiger partial charge in [-0.3, -0.25) is 19.0 Å². The van der Waals surface area contributed by atoms with Crippen LogP contribution in [0.5, 0.6) is 0 Å². The van der Waals surface area contributed by atoms with Crippen LogP contribution >= 0.6 is 0 Å². The van der Waals surface area contributed by atoms with Gasteiger partial charge >= 0.3 is 5.69 Å². The van der Waals surface area contributed by atoms with E-state index in [-0.39, 0.29) is 12.1 Å². The second kappa shape index (κ2) is 8.10. The molecule has 1 aromatic heterocycles. The van der Waals surface area contributed by atoms with Gasteiger partial charge < -0.3 is 10.2 Å². The third-order valence-corrected chi connectivity index (χ3v) is 4.67. The minimum atomic E-state index is -0.803. The number of likely N-dealkylation sites (N-methyl/N-ethyl adjacent to an activating group) is 1. The number of aromatic nitrogens is 2. The molecule has 1 aromatic carbocycles. The van der Waals surface area contributed by atoms with Crippen molar-refractivity contribution < 1.29 is 14.0 Å². The van der Waals surface area contributed by atoms with Crippen LogP contribution in [0, 0.1) is 17.1 Å². The van der Waals surface area contributed by atoms with E-state index >= 15 is 0 Å². The van der Waals surface area contributed by atoms with Gasteiger partial charge in [0.1, 0.15) is 24.0 Å². The number of carbonyl (C=O) groups is 2. The second-order valence-electron chi connectivity index (χ2n) is 6.67. The zero-order valence-corrected chi connectivity index (χ0v) is 15.6. The first kappa shape index (κ1) is 20.0. The second-order valence-corrected chi connectivity index (χ2v) is 6.67. The molecular formula is C19H18FN5O4. The Morgan fingerprint density at radius 2 is 1.97 bits per heavy atom. The predicted molar refractivity (Wildman–Crippen MR) is 101 cm³/mol. The van der Waals surface area contributed by atoms with Crippen molar-refractivity contribution >= 4 is 17.5 Å². The molecule has 0 unspecified atom stereocenters. The largest absolute Gasteiger partial charge is 0.335 e. The summed E-state index contributed by atoms with van der Waals surface area (Å²) < 4.78 is 15.0. The van der Waals surface area contributed by atoms with Gasteiger partial charge in [-0.25, -0.2) is 13.8 Å². The highest BCUT2D eigenvalue weighted by atomic mass is 19.1. The number of nitrogens with zero attached hydrogens (tertiary/aromatic N) is 4. The summed E-state index contributed by atoms with van der Waals surface area (Å²) in [6, 6.07) is 6.95. The molecule has 1 N–H and O–H groups in total. The molecule has 0 saturated heterocycles. The van der Waals surface area contributed by atoms with Crippen LogP contribution in [-0.4, -0.2) is 39.4 Å². The van der Waals surface area contributed by atoms with Gasteiger partial charge in [0.25, 0.3) is 5.56 Å². The minimum Gasteiger partial charge on any atom is -0.335 e. The van der Waals surface area contributed by atoms with Gasteiger partial charge in [-0.1, -0.05) is 0 Å². The first-order valence-corrected chi connectivity index (χ1v) is 8.88. The molecule has 0 saturated carbocycles. The van der Waals surface area contributed by atoms with Crippen molar-refractivity contribution in [2.75, 3.05) is 18.9 Å². The molecule has 3 rings (SSSR count). The molecular weight excluding hydrogens is 381 g/mol. The van der Waals surface area contributed by atoms with E-state index in [4.69, 9.17) is 0 Å². The van der Waals surface area contributed by atoms with Crippen LogP contribution in [0.2, 0.25) is 0 Å². The lowest BCUT2D eigenvalue weighted by atomic mass is 10.2. The molecule has 2 heterocycles. The first-order valence-electron chi connectivity index (χ1n) is 8.88. The van der Waals surface area contributed by atoms with Crippen molar-refractivity contribution in [2.45, 2.75) is 25.9 Å². The number of nitriles is 1. The lowest BCUT2D eigenvalue weighted by Gasteiger charge is -2.18. The van der Waals surface area contributed by atoms with Gasteiger partial charge in [-0.2, -0.15) is 5.26 Å². The molecule has 150 valence electrons. The minimum absolute atomic E-state index is 0.133. The number of halogens is 1. The van der Waals surface area contributed by atoms with Crippen molar-refractivity contribution in [3.05, 3.63) is 62.2 Å². The smallest absolute Gasteiger partial charge is 0.331 e. The number of amides is 2. The standard InChI is InChI=1S/C19H18FN5O4/c1-23(10-16(26)22-13-6-4-12(20)5-7-13)17(27)11-25-18(28)14(9-21)15-3-2-8-24(15)19(25)29/h4-7H,2-3,8,10-11H2,1H3,(H,22,26). The highest BCUT2D eigenvalue weighted by molar-refractivity contribution is 5.94. The summed E-state index contributed by atoms with van der Waals surface area (Å²) in [5.74, 6) is -1.61. The third kappa shape index (κ3) is 4.08. The fourth-order valence-electron chi connectivity index (χ4n) is 3.18. The highest BCUT2D eigenvalue weighted by Gasteiger charge is 2.24. The summed E-state index contributed by atoms with van der Waals surface area (Å²) in [5.41, 5.74) is -0.809. The maximum absolute atomic E-state index is 12.9. The van der Waals surface area contributed by atoms with Crippen LogP contribution in [0.15, 0.2) is 33.9 Å². The molecule has 2 amide bonds. The zero-order chi connectivity index (χ0) is 21.1. The molecule has 10 heteroatoms. The molecule has 2 aromatic rings. The van der Waals surface area contributed by atoms with Crippen LogP contribution in [-0.2, 0) is 29.1 Å². The number of carbonyl (C=O) groups excluding carboxylic acids is 2. The zero-order valence-electron chi connectivity index (χ0n) is 15.6. The number of anilines is 1. The Kier molecular flexibility index (Phi) is 5.59. The Balaban J connectivity index is 1.72. The summed E-state index contributed by atoms with van der Waals surface area (Å²) in [7, 11) is 1.35. The Bertz CT molecular complexity index is 1130. The van der Waals surface area contributed by atoms with E-state index in [0.29, 0.717) is 30.8 Å². The van der Waals surface area contributed by atoms with Gasteiger partial charge in [0, 0.05) is 25.0 Å². The first-order chi connectivity index (χ1) is 13.8. The van der Waals surface area contributed by atoms with Gasteiger partial charge in [-0.05, 0) is 37.1 Å². The molecule has 0 atom stereocenters. The average molecular weight is 399 g/mol. The summed E-state index contributed by atoms with van der Waals surface area (Å²) >= 11 is 0. The van der Waals surface area contributed by atoms with Gasteiger partial charge in [-0.15, -0.1) is 0 Å². The summed E-state index contributed by atoms with van der Waals surface area (Å²) in [5, 5.41) is 11.8. The van der Waals surface area contributed by atoms with Crippen molar-refractivity contribution in [2.24, 2.45) is 0 Å². The van der Waals surface area contributed by atoms with E-state index < -0.39 is 35.4 Å². The van der Waals surface area contributed by atoms with Crippen molar-refractivity contribution in [1.82, 2.24) is 14.0 Å². The number of hydrogen-bond acceptors (Lipinski definition) is 5. The molecule has 1 aliphatic rings. The molecule has 0 fully saturated rings. The molecule has 29 heavy (non-hydrogen) atoms. The quantitative estimate of drug-likeness (QED) is 0.763. The number of hydrogen-bond donors (Lipinski definition) is 1. The third-order valence-electron chi connectivity index (χ3n) is 4.67. The van der Waals surface area contributed by atoms with Crippen LogP contribution < -0.4 is 16.6 Å². The van der Waals surface area contributed by atoms with Crippen LogP contribution in [0.3, 0.4) is 0 Å². The Morgan fingerprint density at radius 1 is 1.28 bits per heavy atom. The molecule has 0 aliphatic carbocycles. The lowest BCUT2D eigenvalue weighted by Crippen LogP contribution is -2.46. The molecule has 0 radical (unpaired) electrons. The fraction of sp³-hybridized carbons (Fsp3) is 0.316. The van der Waals surface area contributed by atoms with Crippen molar-refractivity contribution in [3.8, 4) is 6.07 Å².